The first-order chi connectivity index (χ1) is 12.4. The Morgan fingerprint density at radius 1 is 1.08 bits per heavy atom. The molecule has 26 heavy (non-hydrogen) atoms. The van der Waals surface area contributed by atoms with E-state index in [-0.39, 0.29) is 6.10 Å². The van der Waals surface area contributed by atoms with Crippen molar-refractivity contribution in [3.05, 3.63) is 34.6 Å². The Bertz CT molecular complexity index is 910. The zero-order valence-electron chi connectivity index (χ0n) is 16.2. The third-order valence-corrected chi connectivity index (χ3v) is 4.35. The van der Waals surface area contributed by atoms with E-state index in [0.29, 0.717) is 29.4 Å². The van der Waals surface area contributed by atoms with E-state index in [1.165, 1.54) is 5.56 Å². The van der Waals surface area contributed by atoms with E-state index in [9.17, 15) is 0 Å². The smallest absolute Gasteiger partial charge is 0.265 e. The largest absolute Gasteiger partial charge is 0.472 e. The summed E-state index contributed by atoms with van der Waals surface area (Å²) in [5.41, 5.74) is 6.45. The van der Waals surface area contributed by atoms with Gasteiger partial charge in [-0.2, -0.15) is 4.98 Å². The topological polar surface area (TPSA) is 70.3 Å². The first kappa shape index (κ1) is 18.3. The number of methoxy groups -OCH3 is 1. The lowest BCUT2D eigenvalue weighted by Crippen LogP contribution is -2.15. The van der Waals surface area contributed by atoms with Gasteiger partial charge in [0, 0.05) is 25.7 Å². The van der Waals surface area contributed by atoms with Gasteiger partial charge in [-0.15, -0.1) is 0 Å². The van der Waals surface area contributed by atoms with Gasteiger partial charge in [-0.05, 0) is 45.7 Å². The van der Waals surface area contributed by atoms with Crippen LogP contribution in [0, 0.1) is 27.7 Å². The molecule has 0 aliphatic rings. The molecule has 3 rings (SSSR count). The number of benzene rings is 1. The molecule has 0 aliphatic carbocycles. The fraction of sp³-hybridized carbons (Fsp3) is 0.450. The van der Waals surface area contributed by atoms with E-state index in [1.54, 1.807) is 7.11 Å². The van der Waals surface area contributed by atoms with Crippen LogP contribution in [0.2, 0.25) is 0 Å². The maximum atomic E-state index is 5.97. The summed E-state index contributed by atoms with van der Waals surface area (Å²) in [7, 11) is 1.68. The van der Waals surface area contributed by atoms with Gasteiger partial charge in [-0.1, -0.05) is 22.9 Å². The summed E-state index contributed by atoms with van der Waals surface area (Å²) in [4.78, 5) is 8.98. The summed E-state index contributed by atoms with van der Waals surface area (Å²) in [6.07, 6.45) is 0.710. The number of rotatable bonds is 6. The minimum atomic E-state index is -0.0520. The summed E-state index contributed by atoms with van der Waals surface area (Å²) in [5, 5.41) is 4.31. The van der Waals surface area contributed by atoms with Crippen LogP contribution >= 0.6 is 0 Å². The van der Waals surface area contributed by atoms with E-state index in [0.717, 1.165) is 28.8 Å². The third kappa shape index (κ3) is 3.55. The van der Waals surface area contributed by atoms with Crippen LogP contribution in [0.3, 0.4) is 0 Å². The summed E-state index contributed by atoms with van der Waals surface area (Å²) < 4.78 is 16.7. The van der Waals surface area contributed by atoms with Crippen molar-refractivity contribution in [2.45, 2.75) is 47.1 Å². The second-order valence-electron chi connectivity index (χ2n) is 6.77. The normalized spacial score (nSPS) is 12.5. The fourth-order valence-corrected chi connectivity index (χ4v) is 3.24. The van der Waals surface area contributed by atoms with Gasteiger partial charge in [0.25, 0.3) is 5.88 Å². The Kier molecular flexibility index (Phi) is 5.23. The SMILES string of the molecule is COCCC(C)Oc1nc(C)nc2c(-c3c(C)cc(C)cc3C)noc12. The lowest BCUT2D eigenvalue weighted by atomic mass is 9.97. The third-order valence-electron chi connectivity index (χ3n) is 4.35. The van der Waals surface area contributed by atoms with Gasteiger partial charge in [0.15, 0.2) is 0 Å². The maximum absolute atomic E-state index is 5.97. The predicted octanol–water partition coefficient (Wildman–Crippen LogP) is 4.32. The molecule has 3 aromatic rings. The molecule has 0 aliphatic heterocycles. The second kappa shape index (κ2) is 7.41. The molecule has 6 heteroatoms. The molecule has 0 radical (unpaired) electrons. The molecule has 138 valence electrons. The highest BCUT2D eigenvalue weighted by Crippen LogP contribution is 2.35. The highest BCUT2D eigenvalue weighted by Gasteiger charge is 2.22. The number of fused-ring (bicyclic) bond motifs is 1. The number of aryl methyl sites for hydroxylation is 4. The van der Waals surface area contributed by atoms with E-state index in [2.05, 4.69) is 48.0 Å². The second-order valence-corrected chi connectivity index (χ2v) is 6.77. The molecule has 2 aromatic heterocycles. The standard InChI is InChI=1S/C20H25N3O3/c1-11-9-12(2)16(13(3)10-11)17-18-19(26-23-17)20(22-15(5)21-18)25-14(4)7-8-24-6/h9-10,14H,7-8H2,1-6H3. The van der Waals surface area contributed by atoms with E-state index in [4.69, 9.17) is 14.0 Å². The van der Waals surface area contributed by atoms with Crippen molar-refractivity contribution in [3.8, 4) is 17.1 Å². The minimum absolute atomic E-state index is 0.0520. The highest BCUT2D eigenvalue weighted by molar-refractivity contribution is 5.92. The van der Waals surface area contributed by atoms with Gasteiger partial charge in [-0.3, -0.25) is 0 Å². The summed E-state index contributed by atoms with van der Waals surface area (Å²) in [6.45, 7) is 10.7. The molecule has 1 atom stereocenters. The molecule has 0 amide bonds. The van der Waals surface area contributed by atoms with Crippen LogP contribution < -0.4 is 4.74 Å². The number of hydrogen-bond acceptors (Lipinski definition) is 6. The van der Waals surface area contributed by atoms with Crippen LogP contribution in [0.5, 0.6) is 5.88 Å². The molecule has 6 nitrogen and oxygen atoms in total. The molecular weight excluding hydrogens is 330 g/mol. The molecule has 0 spiro atoms. The molecule has 0 N–H and O–H groups in total. The van der Waals surface area contributed by atoms with Crippen molar-refractivity contribution in [1.29, 1.82) is 0 Å². The van der Waals surface area contributed by atoms with Gasteiger partial charge in [-0.25, -0.2) is 4.98 Å². The Hall–Kier alpha value is -2.47. The number of nitrogens with zero attached hydrogens (tertiary/aromatic N) is 3. The first-order valence-electron chi connectivity index (χ1n) is 8.78. The molecule has 1 unspecified atom stereocenters. The summed E-state index contributed by atoms with van der Waals surface area (Å²) in [6, 6.07) is 4.28. The molecule has 2 heterocycles. The molecule has 0 fully saturated rings. The van der Waals surface area contributed by atoms with E-state index >= 15 is 0 Å². The Balaban J connectivity index is 2.08. The summed E-state index contributed by atoms with van der Waals surface area (Å²) in [5.74, 6) is 1.05. The minimum Gasteiger partial charge on any atom is -0.472 e. The van der Waals surface area contributed by atoms with Gasteiger partial charge in [0.1, 0.15) is 17.0 Å². The quantitative estimate of drug-likeness (QED) is 0.656. The van der Waals surface area contributed by atoms with Crippen molar-refractivity contribution in [1.82, 2.24) is 15.1 Å². The maximum Gasteiger partial charge on any atom is 0.265 e. The highest BCUT2D eigenvalue weighted by atomic mass is 16.5. The van der Waals surface area contributed by atoms with Gasteiger partial charge in [0.2, 0.25) is 5.58 Å². The number of hydrogen-bond donors (Lipinski definition) is 0. The number of aromatic nitrogens is 3. The molecular formula is C20H25N3O3. The molecule has 0 saturated heterocycles. The van der Waals surface area contributed by atoms with Crippen molar-refractivity contribution in [2.75, 3.05) is 13.7 Å². The molecule has 1 aromatic carbocycles. The lowest BCUT2D eigenvalue weighted by molar-refractivity contribution is 0.132. The van der Waals surface area contributed by atoms with Crippen LogP contribution in [0.25, 0.3) is 22.4 Å². The van der Waals surface area contributed by atoms with Gasteiger partial charge in [0.05, 0.1) is 6.10 Å². The van der Waals surface area contributed by atoms with E-state index < -0.39 is 0 Å². The van der Waals surface area contributed by atoms with Gasteiger partial charge >= 0.3 is 0 Å². The molecule has 0 saturated carbocycles. The zero-order chi connectivity index (χ0) is 18.8. The van der Waals surface area contributed by atoms with Crippen LogP contribution in [-0.4, -0.2) is 34.9 Å². The van der Waals surface area contributed by atoms with Crippen molar-refractivity contribution < 1.29 is 14.0 Å². The van der Waals surface area contributed by atoms with Crippen molar-refractivity contribution in [3.63, 3.8) is 0 Å². The van der Waals surface area contributed by atoms with Crippen LogP contribution in [0.4, 0.5) is 0 Å². The fourth-order valence-electron chi connectivity index (χ4n) is 3.24. The monoisotopic (exact) mass is 355 g/mol. The predicted molar refractivity (Wildman–Crippen MR) is 101 cm³/mol. The van der Waals surface area contributed by atoms with Gasteiger partial charge < -0.3 is 14.0 Å². The van der Waals surface area contributed by atoms with Crippen LogP contribution in [0.1, 0.15) is 35.9 Å². The first-order valence-corrected chi connectivity index (χ1v) is 8.78. The summed E-state index contributed by atoms with van der Waals surface area (Å²) >= 11 is 0. The Labute approximate surface area is 153 Å². The van der Waals surface area contributed by atoms with E-state index in [1.807, 2.05) is 13.8 Å². The molecule has 0 bridgehead atoms. The Morgan fingerprint density at radius 3 is 2.42 bits per heavy atom. The van der Waals surface area contributed by atoms with Crippen molar-refractivity contribution >= 4 is 11.1 Å². The number of ether oxygens (including phenoxy) is 2. The Morgan fingerprint density at radius 2 is 1.77 bits per heavy atom. The van der Waals surface area contributed by atoms with Crippen LogP contribution in [0.15, 0.2) is 16.7 Å². The lowest BCUT2D eigenvalue weighted by Gasteiger charge is -2.13. The average molecular weight is 355 g/mol. The average Bonchev–Trinajstić information content (AvgIpc) is 2.95. The van der Waals surface area contributed by atoms with Crippen molar-refractivity contribution in [2.24, 2.45) is 0 Å². The van der Waals surface area contributed by atoms with Crippen LogP contribution in [-0.2, 0) is 4.74 Å². The zero-order valence-corrected chi connectivity index (χ0v) is 16.2.